The van der Waals surface area contributed by atoms with E-state index in [4.69, 9.17) is 18.0 Å². The van der Waals surface area contributed by atoms with Crippen LogP contribution in [0.15, 0.2) is 10.9 Å². The molecule has 2 rings (SSSR count). The van der Waals surface area contributed by atoms with Gasteiger partial charge >= 0.3 is 0 Å². The van der Waals surface area contributed by atoms with E-state index in [1.54, 1.807) is 0 Å². The van der Waals surface area contributed by atoms with Gasteiger partial charge in [-0.1, -0.05) is 19.1 Å². The SMILES string of the molecule is CCC(C)n1c2c(cc(C(N)=S)c1=O)CCCC2. The molecule has 0 saturated carbocycles. The van der Waals surface area contributed by atoms with Gasteiger partial charge in [-0.3, -0.25) is 4.79 Å². The van der Waals surface area contributed by atoms with Crippen LogP contribution in [0.5, 0.6) is 0 Å². The summed E-state index contributed by atoms with van der Waals surface area (Å²) in [6.07, 6.45) is 5.30. The molecule has 0 aliphatic heterocycles. The average Bonchev–Trinajstić information content (AvgIpc) is 2.37. The first-order valence-corrected chi connectivity index (χ1v) is 7.04. The Balaban J connectivity index is 2.70. The van der Waals surface area contributed by atoms with Gasteiger partial charge < -0.3 is 10.3 Å². The molecule has 2 N–H and O–H groups in total. The molecule has 0 saturated heterocycles. The minimum Gasteiger partial charge on any atom is -0.389 e. The molecule has 1 heterocycles. The molecule has 1 aliphatic rings. The van der Waals surface area contributed by atoms with Gasteiger partial charge in [0.15, 0.2) is 0 Å². The summed E-state index contributed by atoms with van der Waals surface area (Å²) >= 11 is 5.00. The molecule has 3 nitrogen and oxygen atoms in total. The quantitative estimate of drug-likeness (QED) is 0.852. The Kier molecular flexibility index (Phi) is 3.85. The summed E-state index contributed by atoms with van der Waals surface area (Å²) in [5.41, 5.74) is 8.61. The third-order valence-electron chi connectivity index (χ3n) is 3.84. The lowest BCUT2D eigenvalue weighted by Crippen LogP contribution is -2.34. The van der Waals surface area contributed by atoms with Crippen LogP contribution in [0.3, 0.4) is 0 Å². The van der Waals surface area contributed by atoms with Gasteiger partial charge in [-0.2, -0.15) is 0 Å². The first-order valence-electron chi connectivity index (χ1n) is 6.63. The Morgan fingerprint density at radius 3 is 2.78 bits per heavy atom. The fourth-order valence-corrected chi connectivity index (χ4v) is 2.80. The Morgan fingerprint density at radius 1 is 1.50 bits per heavy atom. The highest BCUT2D eigenvalue weighted by Gasteiger charge is 2.20. The minimum atomic E-state index is -0.0162. The normalized spacial score (nSPS) is 16.1. The molecule has 1 aliphatic carbocycles. The number of fused-ring (bicyclic) bond motifs is 1. The highest BCUT2D eigenvalue weighted by Crippen LogP contribution is 2.24. The monoisotopic (exact) mass is 264 g/mol. The summed E-state index contributed by atoms with van der Waals surface area (Å²) in [5.74, 6) is 0. The van der Waals surface area contributed by atoms with Gasteiger partial charge in [0, 0.05) is 11.7 Å². The number of rotatable bonds is 3. The van der Waals surface area contributed by atoms with Crippen molar-refractivity contribution in [2.24, 2.45) is 5.73 Å². The van der Waals surface area contributed by atoms with Crippen LogP contribution in [0.4, 0.5) is 0 Å². The highest BCUT2D eigenvalue weighted by molar-refractivity contribution is 7.80. The highest BCUT2D eigenvalue weighted by atomic mass is 32.1. The van der Waals surface area contributed by atoms with Crippen molar-refractivity contribution < 1.29 is 0 Å². The van der Waals surface area contributed by atoms with Crippen LogP contribution < -0.4 is 11.3 Å². The van der Waals surface area contributed by atoms with E-state index in [1.165, 1.54) is 17.7 Å². The second-order valence-electron chi connectivity index (χ2n) is 5.03. The maximum Gasteiger partial charge on any atom is 0.261 e. The zero-order valence-electron chi connectivity index (χ0n) is 11.0. The molecule has 0 bridgehead atoms. The molecule has 1 unspecified atom stereocenters. The van der Waals surface area contributed by atoms with Crippen LogP contribution in [-0.4, -0.2) is 9.56 Å². The van der Waals surface area contributed by atoms with Crippen LogP contribution in [0, 0.1) is 0 Å². The molecule has 1 aromatic rings. The first-order chi connectivity index (χ1) is 8.56. The molecular weight excluding hydrogens is 244 g/mol. The number of nitrogens with zero attached hydrogens (tertiary/aromatic N) is 1. The standard InChI is InChI=1S/C14H20N2OS/c1-3-9(2)16-12-7-5-4-6-10(12)8-11(13(15)18)14(16)17/h8-9H,3-7H2,1-2H3,(H2,15,18). The zero-order chi connectivity index (χ0) is 13.3. The molecule has 0 fully saturated rings. The van der Waals surface area contributed by atoms with E-state index in [9.17, 15) is 4.79 Å². The van der Waals surface area contributed by atoms with E-state index >= 15 is 0 Å². The molecule has 98 valence electrons. The number of pyridine rings is 1. The Morgan fingerprint density at radius 2 is 2.17 bits per heavy atom. The smallest absolute Gasteiger partial charge is 0.261 e. The van der Waals surface area contributed by atoms with Crippen LogP contribution in [0.2, 0.25) is 0 Å². The number of aryl methyl sites for hydroxylation is 1. The zero-order valence-corrected chi connectivity index (χ0v) is 11.8. The molecule has 18 heavy (non-hydrogen) atoms. The summed E-state index contributed by atoms with van der Waals surface area (Å²) in [4.78, 5) is 12.7. The van der Waals surface area contributed by atoms with Gasteiger partial charge in [0.25, 0.3) is 5.56 Å². The van der Waals surface area contributed by atoms with Crippen molar-refractivity contribution >= 4 is 17.2 Å². The number of hydrogen-bond acceptors (Lipinski definition) is 2. The van der Waals surface area contributed by atoms with Crippen molar-refractivity contribution in [3.05, 3.63) is 33.2 Å². The second-order valence-corrected chi connectivity index (χ2v) is 5.47. The molecule has 0 spiro atoms. The van der Waals surface area contributed by atoms with Crippen molar-refractivity contribution in [2.75, 3.05) is 0 Å². The summed E-state index contributed by atoms with van der Waals surface area (Å²) < 4.78 is 1.92. The summed E-state index contributed by atoms with van der Waals surface area (Å²) in [6.45, 7) is 4.18. The van der Waals surface area contributed by atoms with Gasteiger partial charge in [-0.25, -0.2) is 0 Å². The van der Waals surface area contributed by atoms with E-state index in [1.807, 2.05) is 10.6 Å². The third kappa shape index (κ3) is 2.21. The molecule has 0 amide bonds. The van der Waals surface area contributed by atoms with E-state index in [-0.39, 0.29) is 16.6 Å². The van der Waals surface area contributed by atoms with Crippen LogP contribution in [0.1, 0.15) is 56.0 Å². The van der Waals surface area contributed by atoms with Gasteiger partial charge in [0.1, 0.15) is 4.99 Å². The Bertz CT molecular complexity index is 533. The number of thiocarbonyl (C=S) groups is 1. The maximum absolute atomic E-state index is 12.5. The van der Waals surface area contributed by atoms with Crippen LogP contribution in [0.25, 0.3) is 0 Å². The summed E-state index contributed by atoms with van der Waals surface area (Å²) in [6, 6.07) is 2.12. The van der Waals surface area contributed by atoms with E-state index < -0.39 is 0 Å². The molecule has 0 aromatic carbocycles. The van der Waals surface area contributed by atoms with Crippen molar-refractivity contribution in [3.63, 3.8) is 0 Å². The summed E-state index contributed by atoms with van der Waals surface area (Å²) in [7, 11) is 0. The number of aromatic nitrogens is 1. The fourth-order valence-electron chi connectivity index (χ4n) is 2.66. The summed E-state index contributed by atoms with van der Waals surface area (Å²) in [5, 5.41) is 0. The van der Waals surface area contributed by atoms with E-state index in [0.29, 0.717) is 5.56 Å². The number of hydrogen-bond donors (Lipinski definition) is 1. The van der Waals surface area contributed by atoms with Crippen molar-refractivity contribution in [3.8, 4) is 0 Å². The van der Waals surface area contributed by atoms with Gasteiger partial charge in [-0.15, -0.1) is 0 Å². The largest absolute Gasteiger partial charge is 0.389 e. The molecule has 4 heteroatoms. The lowest BCUT2D eigenvalue weighted by molar-refractivity contribution is 0.475. The molecular formula is C14H20N2OS. The van der Waals surface area contributed by atoms with Crippen LogP contribution >= 0.6 is 12.2 Å². The molecule has 0 radical (unpaired) electrons. The number of nitrogens with two attached hydrogens (primary N) is 1. The van der Waals surface area contributed by atoms with Crippen molar-refractivity contribution in [2.45, 2.75) is 52.0 Å². The molecule has 1 aromatic heterocycles. The predicted octanol–water partition coefficient (Wildman–Crippen LogP) is 2.33. The lowest BCUT2D eigenvalue weighted by Gasteiger charge is -2.25. The van der Waals surface area contributed by atoms with Gasteiger partial charge in [0.2, 0.25) is 0 Å². The third-order valence-corrected chi connectivity index (χ3v) is 4.06. The van der Waals surface area contributed by atoms with E-state index in [0.717, 1.165) is 25.7 Å². The van der Waals surface area contributed by atoms with Crippen LogP contribution in [-0.2, 0) is 12.8 Å². The average molecular weight is 264 g/mol. The first kappa shape index (κ1) is 13.3. The Hall–Kier alpha value is -1.16. The van der Waals surface area contributed by atoms with E-state index in [2.05, 4.69) is 13.8 Å². The van der Waals surface area contributed by atoms with Crippen molar-refractivity contribution in [1.29, 1.82) is 0 Å². The molecule has 1 atom stereocenters. The van der Waals surface area contributed by atoms with Gasteiger partial charge in [0.05, 0.1) is 5.56 Å². The topological polar surface area (TPSA) is 48.0 Å². The lowest BCUT2D eigenvalue weighted by atomic mass is 9.93. The maximum atomic E-state index is 12.5. The fraction of sp³-hybridized carbons (Fsp3) is 0.571. The second kappa shape index (κ2) is 5.22. The predicted molar refractivity (Wildman–Crippen MR) is 78.2 cm³/mol. The van der Waals surface area contributed by atoms with Crippen molar-refractivity contribution in [1.82, 2.24) is 4.57 Å². The van der Waals surface area contributed by atoms with Gasteiger partial charge in [-0.05, 0) is 50.7 Å². The Labute approximate surface area is 113 Å². The minimum absolute atomic E-state index is 0.0162.